The summed E-state index contributed by atoms with van der Waals surface area (Å²) in [6.07, 6.45) is 6.39. The van der Waals surface area contributed by atoms with Gasteiger partial charge in [0.05, 0.1) is 18.7 Å². The largest absolute Gasteiger partial charge is 0.748 e. The number of benzene rings is 2. The van der Waals surface area contributed by atoms with E-state index < -0.39 is 7.67 Å². The fourth-order valence-electron chi connectivity index (χ4n) is 5.47. The van der Waals surface area contributed by atoms with Gasteiger partial charge in [0.15, 0.2) is 6.04 Å². The molecule has 5 rings (SSSR count). The summed E-state index contributed by atoms with van der Waals surface area (Å²) in [6.45, 7) is 7.47. The van der Waals surface area contributed by atoms with Gasteiger partial charge in [-0.3, -0.25) is 13.8 Å². The average molecular weight is 479 g/mol. The number of rotatable bonds is 8. The molecule has 0 aliphatic carbocycles. The highest BCUT2D eigenvalue weighted by Gasteiger charge is 2.56. The molecule has 3 unspecified atom stereocenters. The Balaban J connectivity index is 1.63. The third-order valence-electron chi connectivity index (χ3n) is 7.23. The first-order valence-corrected chi connectivity index (χ1v) is 14.2. The highest BCUT2D eigenvalue weighted by atomic mass is 31.2. The first kappa shape index (κ1) is 23.2. The van der Waals surface area contributed by atoms with Gasteiger partial charge in [-0.25, -0.2) is 0 Å². The summed E-state index contributed by atoms with van der Waals surface area (Å²) in [5.74, 6) is 1.67. The topological polar surface area (TPSA) is 52.9 Å². The normalized spacial score (nSPS) is 26.1. The maximum Gasteiger partial charge on any atom is 0.285 e. The lowest BCUT2D eigenvalue weighted by Crippen LogP contribution is -2.44. The van der Waals surface area contributed by atoms with Crippen molar-refractivity contribution in [3.8, 4) is 0 Å². The molecule has 0 spiro atoms. The Morgan fingerprint density at radius 3 is 2.15 bits per heavy atom. The van der Waals surface area contributed by atoms with Gasteiger partial charge in [-0.05, 0) is 18.4 Å². The van der Waals surface area contributed by atoms with Crippen LogP contribution in [-0.2, 0) is 4.57 Å². The molecule has 3 atom stereocenters. The van der Waals surface area contributed by atoms with Crippen molar-refractivity contribution in [2.75, 3.05) is 26.2 Å². The molecule has 2 aromatic carbocycles. The number of fused-ring (bicyclic) bond motifs is 2. The molecular weight excluding hydrogens is 443 g/mol. The van der Waals surface area contributed by atoms with Gasteiger partial charge in [0.25, 0.3) is 13.5 Å². The SMILES string of the molecule is CCCCN1CC(c2ccccc2)N2C1=CC1=[N+](CCCC)CC(c3ccccc3)N1P2(=O)[O-]. The zero-order valence-electron chi connectivity index (χ0n) is 20.2. The van der Waals surface area contributed by atoms with Crippen LogP contribution in [0.25, 0.3) is 0 Å². The lowest BCUT2D eigenvalue weighted by molar-refractivity contribution is -0.521. The zero-order valence-corrected chi connectivity index (χ0v) is 21.1. The average Bonchev–Trinajstić information content (AvgIpc) is 3.42. The number of unbranched alkanes of at least 4 members (excludes halogenated alkanes) is 2. The van der Waals surface area contributed by atoms with Gasteiger partial charge in [0.2, 0.25) is 0 Å². The Hall–Kier alpha value is -2.56. The van der Waals surface area contributed by atoms with Gasteiger partial charge in [-0.15, -0.1) is 0 Å². The van der Waals surface area contributed by atoms with Gasteiger partial charge in [-0.2, -0.15) is 4.67 Å². The minimum atomic E-state index is -4.15. The Morgan fingerprint density at radius 2 is 1.53 bits per heavy atom. The van der Waals surface area contributed by atoms with E-state index in [1.54, 1.807) is 9.34 Å². The standard InChI is InChI=1S/C27H35N4O2P/c1-3-5-17-28-20-24(22-13-9-7-10-14-22)30-26(28)19-27-29(18-6-4-2)21-25(31(27)34(30,32)33)23-15-11-8-12-16-23/h7-16,19,24-25H,3-6,17-18,20-21H2,1-2H3. The van der Waals surface area contributed by atoms with E-state index in [4.69, 9.17) is 0 Å². The van der Waals surface area contributed by atoms with Gasteiger partial charge >= 0.3 is 0 Å². The molecule has 3 aliphatic rings. The molecule has 0 amide bonds. The number of hydrogen-bond donors (Lipinski definition) is 0. The lowest BCUT2D eigenvalue weighted by Gasteiger charge is -2.44. The fourth-order valence-corrected chi connectivity index (χ4v) is 7.68. The van der Waals surface area contributed by atoms with Gasteiger partial charge in [-0.1, -0.05) is 87.4 Å². The Bertz CT molecular complexity index is 1120. The van der Waals surface area contributed by atoms with E-state index in [2.05, 4.69) is 53.7 Å². The van der Waals surface area contributed by atoms with Crippen LogP contribution in [0.15, 0.2) is 72.6 Å². The maximum absolute atomic E-state index is 14.4. The predicted octanol–water partition coefficient (Wildman–Crippen LogP) is 4.74. The summed E-state index contributed by atoms with van der Waals surface area (Å²) < 4.78 is 20.2. The Morgan fingerprint density at radius 1 is 0.912 bits per heavy atom. The molecule has 3 heterocycles. The van der Waals surface area contributed by atoms with Crippen LogP contribution in [0.5, 0.6) is 0 Å². The Kier molecular flexibility index (Phi) is 6.54. The maximum atomic E-state index is 14.4. The summed E-state index contributed by atoms with van der Waals surface area (Å²) in [5.41, 5.74) is 2.09. The highest BCUT2D eigenvalue weighted by molar-refractivity contribution is 7.52. The molecule has 0 N–H and O–H groups in total. The van der Waals surface area contributed by atoms with E-state index in [9.17, 15) is 9.46 Å². The smallest absolute Gasteiger partial charge is 0.285 e. The van der Waals surface area contributed by atoms with E-state index >= 15 is 0 Å². The quantitative estimate of drug-likeness (QED) is 0.405. The molecular formula is C27H35N4O2P. The molecule has 3 aliphatic heterocycles. The molecule has 6 nitrogen and oxygen atoms in total. The predicted molar refractivity (Wildman–Crippen MR) is 134 cm³/mol. The fraction of sp³-hybridized carbons (Fsp3) is 0.444. The first-order valence-electron chi connectivity index (χ1n) is 12.6. The highest BCUT2D eigenvalue weighted by Crippen LogP contribution is 2.62. The summed E-state index contributed by atoms with van der Waals surface area (Å²) in [6, 6.07) is 19.8. The van der Waals surface area contributed by atoms with E-state index in [0.29, 0.717) is 13.1 Å². The van der Waals surface area contributed by atoms with Crippen LogP contribution < -0.4 is 4.89 Å². The molecule has 7 heteroatoms. The van der Waals surface area contributed by atoms with Crippen LogP contribution >= 0.6 is 7.67 Å². The van der Waals surface area contributed by atoms with Crippen molar-refractivity contribution < 1.29 is 14.0 Å². The second kappa shape index (κ2) is 9.59. The summed E-state index contributed by atoms with van der Waals surface area (Å²) in [7, 11) is -4.15. The van der Waals surface area contributed by atoms with Crippen LogP contribution in [0, 0.1) is 0 Å². The second-order valence-electron chi connectivity index (χ2n) is 9.49. The molecule has 0 saturated carbocycles. The van der Waals surface area contributed by atoms with E-state index in [1.165, 1.54) is 0 Å². The Labute approximate surface area is 203 Å². The lowest BCUT2D eigenvalue weighted by atomic mass is 10.1. The molecule has 1 saturated heterocycles. The molecule has 0 aromatic heterocycles. The van der Waals surface area contributed by atoms with E-state index in [1.807, 2.05) is 36.4 Å². The number of amidine groups is 1. The van der Waals surface area contributed by atoms with Crippen molar-refractivity contribution in [2.45, 2.75) is 51.6 Å². The third kappa shape index (κ3) is 3.97. The molecule has 0 bridgehead atoms. The summed E-state index contributed by atoms with van der Waals surface area (Å²) in [5, 5.41) is 0. The van der Waals surface area contributed by atoms with Gasteiger partial charge in [0, 0.05) is 18.7 Å². The van der Waals surface area contributed by atoms with Crippen molar-refractivity contribution in [1.82, 2.24) is 14.2 Å². The molecule has 1 fully saturated rings. The molecule has 2 aromatic rings. The third-order valence-corrected chi connectivity index (χ3v) is 9.29. The minimum absolute atomic E-state index is 0.213. The monoisotopic (exact) mass is 478 g/mol. The molecule has 180 valence electrons. The van der Waals surface area contributed by atoms with Crippen LogP contribution in [0.1, 0.15) is 62.7 Å². The van der Waals surface area contributed by atoms with Crippen LogP contribution in [0.3, 0.4) is 0 Å². The summed E-state index contributed by atoms with van der Waals surface area (Å²) >= 11 is 0. The number of hydrogen-bond acceptors (Lipinski definition) is 3. The second-order valence-corrected chi connectivity index (χ2v) is 11.3. The van der Waals surface area contributed by atoms with Gasteiger partial charge < -0.3 is 9.79 Å². The number of nitrogens with zero attached hydrogens (tertiary/aromatic N) is 4. The van der Waals surface area contributed by atoms with Crippen LogP contribution in [-0.4, -0.2) is 50.8 Å². The van der Waals surface area contributed by atoms with Crippen molar-refractivity contribution in [1.29, 1.82) is 0 Å². The van der Waals surface area contributed by atoms with Crippen LogP contribution in [0.4, 0.5) is 0 Å². The minimum Gasteiger partial charge on any atom is -0.748 e. The van der Waals surface area contributed by atoms with Crippen LogP contribution in [0.2, 0.25) is 0 Å². The van der Waals surface area contributed by atoms with Crippen molar-refractivity contribution in [3.63, 3.8) is 0 Å². The van der Waals surface area contributed by atoms with Crippen molar-refractivity contribution in [3.05, 3.63) is 83.7 Å². The zero-order chi connectivity index (χ0) is 23.7. The van der Waals surface area contributed by atoms with Crippen molar-refractivity contribution in [2.24, 2.45) is 0 Å². The summed E-state index contributed by atoms with van der Waals surface area (Å²) in [4.78, 5) is 16.7. The van der Waals surface area contributed by atoms with E-state index in [-0.39, 0.29) is 12.1 Å². The molecule has 34 heavy (non-hydrogen) atoms. The van der Waals surface area contributed by atoms with Gasteiger partial charge in [0.1, 0.15) is 12.4 Å². The van der Waals surface area contributed by atoms with Crippen molar-refractivity contribution >= 4 is 13.5 Å². The molecule has 0 radical (unpaired) electrons. The van der Waals surface area contributed by atoms with E-state index in [0.717, 1.165) is 61.6 Å². The first-order chi connectivity index (χ1) is 16.6.